The van der Waals surface area contributed by atoms with Crippen molar-refractivity contribution >= 4 is 11.9 Å². The maximum absolute atomic E-state index is 11.6. The van der Waals surface area contributed by atoms with Crippen LogP contribution in [0.4, 0.5) is 0 Å². The highest BCUT2D eigenvalue weighted by Gasteiger charge is 2.46. The third-order valence-electron chi connectivity index (χ3n) is 2.45. The third-order valence-corrected chi connectivity index (χ3v) is 2.45. The lowest BCUT2D eigenvalue weighted by Gasteiger charge is -2.18. The van der Waals surface area contributed by atoms with Gasteiger partial charge in [-0.15, -0.1) is 0 Å². The van der Waals surface area contributed by atoms with Crippen LogP contribution in [0.1, 0.15) is 18.1 Å². The van der Waals surface area contributed by atoms with Gasteiger partial charge in [0.15, 0.2) is 0 Å². The molecule has 19 heavy (non-hydrogen) atoms. The van der Waals surface area contributed by atoms with Gasteiger partial charge in [0.05, 0.1) is 6.61 Å². The van der Waals surface area contributed by atoms with E-state index < -0.39 is 17.7 Å². The first-order valence-corrected chi connectivity index (χ1v) is 5.71. The molecule has 0 bridgehead atoms. The topological polar surface area (TPSA) is 93.1 Å². The van der Waals surface area contributed by atoms with Crippen LogP contribution in [0.3, 0.4) is 0 Å². The molecule has 0 saturated heterocycles. The lowest BCUT2D eigenvalue weighted by Crippen LogP contribution is -2.50. The average Bonchev–Trinajstić information content (AvgIpc) is 2.34. The molecule has 0 heterocycles. The average molecular weight is 268 g/mol. The number of benzene rings is 1. The van der Waals surface area contributed by atoms with E-state index in [9.17, 15) is 19.8 Å². The molecule has 0 spiro atoms. The number of carbonyl (C=O) groups is 2. The third kappa shape index (κ3) is 3.30. The van der Waals surface area contributed by atoms with Gasteiger partial charge in [0.1, 0.15) is 5.75 Å². The van der Waals surface area contributed by atoms with Crippen LogP contribution in [-0.4, -0.2) is 34.5 Å². The Morgan fingerprint density at radius 3 is 2.16 bits per heavy atom. The van der Waals surface area contributed by atoms with Crippen molar-refractivity contribution in [1.29, 1.82) is 0 Å². The van der Waals surface area contributed by atoms with Crippen molar-refractivity contribution in [3.63, 3.8) is 0 Å². The Hall–Kier alpha value is -1.92. The molecule has 0 atom stereocenters. The fraction of sp³-hybridized carbons (Fsp3) is 0.385. The minimum absolute atomic E-state index is 0.0849. The number of hydrogen-bond donors (Lipinski definition) is 2. The molecule has 6 nitrogen and oxygen atoms in total. The van der Waals surface area contributed by atoms with Crippen LogP contribution in [-0.2, 0) is 14.3 Å². The highest BCUT2D eigenvalue weighted by Crippen LogP contribution is 2.23. The molecule has 0 amide bonds. The van der Waals surface area contributed by atoms with E-state index >= 15 is 0 Å². The molecule has 0 fully saturated rings. The fourth-order valence-corrected chi connectivity index (χ4v) is 1.44. The standard InChI is InChI=1S/C13H16O6/c1-4-18-11(14)13(16,17)12(15)19-10-8(2)6-5-7-9(10)3/h5-7,16-17H,4H2,1-3H3. The zero-order chi connectivity index (χ0) is 14.6. The first-order valence-electron chi connectivity index (χ1n) is 5.71. The van der Waals surface area contributed by atoms with Crippen LogP contribution in [0, 0.1) is 13.8 Å². The molecule has 0 aliphatic carbocycles. The number of esters is 2. The summed E-state index contributed by atoms with van der Waals surface area (Å²) in [4.78, 5) is 22.9. The lowest BCUT2D eigenvalue weighted by molar-refractivity contribution is -0.218. The van der Waals surface area contributed by atoms with Gasteiger partial charge in [0.2, 0.25) is 0 Å². The van der Waals surface area contributed by atoms with Gasteiger partial charge < -0.3 is 19.7 Å². The number of para-hydroxylation sites is 1. The van der Waals surface area contributed by atoms with Crippen molar-refractivity contribution < 1.29 is 29.3 Å². The highest BCUT2D eigenvalue weighted by atomic mass is 16.6. The zero-order valence-corrected chi connectivity index (χ0v) is 11.0. The van der Waals surface area contributed by atoms with Gasteiger partial charge in [0, 0.05) is 0 Å². The summed E-state index contributed by atoms with van der Waals surface area (Å²) in [6.07, 6.45) is 0. The van der Waals surface area contributed by atoms with E-state index in [4.69, 9.17) is 4.74 Å². The molecule has 6 heteroatoms. The van der Waals surface area contributed by atoms with Crippen LogP contribution < -0.4 is 4.74 Å². The Bertz CT molecular complexity index is 472. The zero-order valence-electron chi connectivity index (χ0n) is 11.0. The van der Waals surface area contributed by atoms with Crippen LogP contribution >= 0.6 is 0 Å². The fourth-order valence-electron chi connectivity index (χ4n) is 1.44. The van der Waals surface area contributed by atoms with Crippen molar-refractivity contribution in [3.05, 3.63) is 29.3 Å². The van der Waals surface area contributed by atoms with Gasteiger partial charge in [-0.05, 0) is 31.9 Å². The first kappa shape index (κ1) is 15.1. The molecule has 0 aliphatic rings. The summed E-state index contributed by atoms with van der Waals surface area (Å²) < 4.78 is 9.25. The quantitative estimate of drug-likeness (QED) is 0.356. The summed E-state index contributed by atoms with van der Waals surface area (Å²) in [5.41, 5.74) is 1.26. The molecule has 0 radical (unpaired) electrons. The van der Waals surface area contributed by atoms with E-state index in [1.807, 2.05) is 0 Å². The van der Waals surface area contributed by atoms with Crippen molar-refractivity contribution in [3.8, 4) is 5.75 Å². The molecule has 2 N–H and O–H groups in total. The highest BCUT2D eigenvalue weighted by molar-refractivity contribution is 6.01. The molecule has 0 unspecified atom stereocenters. The predicted molar refractivity (Wildman–Crippen MR) is 65.4 cm³/mol. The normalized spacial score (nSPS) is 11.0. The Kier molecular flexibility index (Phi) is 4.63. The molecule has 104 valence electrons. The molecule has 0 saturated carbocycles. The molecule has 1 aromatic carbocycles. The van der Waals surface area contributed by atoms with Gasteiger partial charge in [-0.25, -0.2) is 9.59 Å². The molecule has 0 aromatic heterocycles. The van der Waals surface area contributed by atoms with Crippen molar-refractivity contribution in [2.75, 3.05) is 6.61 Å². The molecule has 1 rings (SSSR count). The number of rotatable bonds is 4. The van der Waals surface area contributed by atoms with E-state index in [0.717, 1.165) is 0 Å². The van der Waals surface area contributed by atoms with Gasteiger partial charge in [0.25, 0.3) is 0 Å². The van der Waals surface area contributed by atoms with Gasteiger partial charge in [-0.1, -0.05) is 18.2 Å². The minimum atomic E-state index is -3.31. The molecular formula is C13H16O6. The molecule has 0 aliphatic heterocycles. The largest absolute Gasteiger partial charge is 0.462 e. The van der Waals surface area contributed by atoms with Crippen LogP contribution in [0.5, 0.6) is 5.75 Å². The maximum atomic E-state index is 11.6. The number of aryl methyl sites for hydroxylation is 2. The SMILES string of the molecule is CCOC(=O)C(O)(O)C(=O)Oc1c(C)cccc1C. The second-order valence-corrected chi connectivity index (χ2v) is 4.00. The predicted octanol–water partition coefficient (Wildman–Crippen LogP) is 0.453. The lowest BCUT2D eigenvalue weighted by atomic mass is 10.1. The summed E-state index contributed by atoms with van der Waals surface area (Å²) in [5, 5.41) is 18.9. The van der Waals surface area contributed by atoms with Crippen LogP contribution in [0.2, 0.25) is 0 Å². The van der Waals surface area contributed by atoms with Crippen molar-refractivity contribution in [2.24, 2.45) is 0 Å². The second kappa shape index (κ2) is 5.81. The molecule has 1 aromatic rings. The number of aliphatic hydroxyl groups is 2. The summed E-state index contributed by atoms with van der Waals surface area (Å²) >= 11 is 0. The number of hydrogen-bond acceptors (Lipinski definition) is 6. The number of ether oxygens (including phenoxy) is 2. The van der Waals surface area contributed by atoms with Crippen LogP contribution in [0.15, 0.2) is 18.2 Å². The molecular weight excluding hydrogens is 252 g/mol. The van der Waals surface area contributed by atoms with E-state index in [1.54, 1.807) is 32.0 Å². The van der Waals surface area contributed by atoms with Crippen molar-refractivity contribution in [1.82, 2.24) is 0 Å². The van der Waals surface area contributed by atoms with Crippen molar-refractivity contribution in [2.45, 2.75) is 26.6 Å². The van der Waals surface area contributed by atoms with Gasteiger partial charge in [-0.3, -0.25) is 0 Å². The minimum Gasteiger partial charge on any atom is -0.462 e. The Labute approximate surface area is 110 Å². The van der Waals surface area contributed by atoms with E-state index in [1.165, 1.54) is 6.92 Å². The van der Waals surface area contributed by atoms with Gasteiger partial charge in [-0.2, -0.15) is 0 Å². The summed E-state index contributed by atoms with van der Waals surface area (Å²) in [6, 6.07) is 5.14. The summed E-state index contributed by atoms with van der Waals surface area (Å²) in [7, 11) is 0. The summed E-state index contributed by atoms with van der Waals surface area (Å²) in [5.74, 6) is -6.09. The smallest absolute Gasteiger partial charge is 0.384 e. The van der Waals surface area contributed by atoms with Gasteiger partial charge >= 0.3 is 17.7 Å². The van der Waals surface area contributed by atoms with Crippen LogP contribution in [0.25, 0.3) is 0 Å². The van der Waals surface area contributed by atoms with E-state index in [2.05, 4.69) is 4.74 Å². The Balaban J connectivity index is 2.93. The van der Waals surface area contributed by atoms with E-state index in [0.29, 0.717) is 11.1 Å². The maximum Gasteiger partial charge on any atom is 0.384 e. The monoisotopic (exact) mass is 268 g/mol. The van der Waals surface area contributed by atoms with E-state index in [-0.39, 0.29) is 12.4 Å². The Morgan fingerprint density at radius 1 is 1.16 bits per heavy atom. The number of carbonyl (C=O) groups excluding carboxylic acids is 2. The second-order valence-electron chi connectivity index (χ2n) is 4.00. The Morgan fingerprint density at radius 2 is 1.68 bits per heavy atom. The first-order chi connectivity index (χ1) is 8.80. The summed E-state index contributed by atoms with van der Waals surface area (Å²) in [6.45, 7) is 4.77.